The number of nitrogens with zero attached hydrogens (tertiary/aromatic N) is 2. The Hall–Kier alpha value is -1.69. The van der Waals surface area contributed by atoms with Gasteiger partial charge in [-0.1, -0.05) is 6.92 Å². The molecule has 6 nitrogen and oxygen atoms in total. The molecule has 2 N–H and O–H groups in total. The lowest BCUT2D eigenvalue weighted by atomic mass is 10.1. The summed E-state index contributed by atoms with van der Waals surface area (Å²) >= 11 is 0. The van der Waals surface area contributed by atoms with Crippen LogP contribution in [0.3, 0.4) is 0 Å². The maximum Gasteiger partial charge on any atom is 0.358 e. The van der Waals surface area contributed by atoms with E-state index >= 15 is 0 Å². The number of carbonyl (C=O) groups excluding carboxylic acids is 1. The quantitative estimate of drug-likeness (QED) is 0.735. The van der Waals surface area contributed by atoms with Gasteiger partial charge in [0.2, 0.25) is 0 Å². The molecule has 1 rings (SSSR count). The molecular weight excluding hydrogens is 222 g/mol. The van der Waals surface area contributed by atoms with Crippen molar-refractivity contribution in [1.29, 1.82) is 0 Å². The molecule has 1 aromatic heterocycles. The van der Waals surface area contributed by atoms with Gasteiger partial charge >= 0.3 is 5.97 Å². The van der Waals surface area contributed by atoms with Crippen LogP contribution in [0, 0.1) is 5.92 Å². The molecule has 0 aliphatic rings. The zero-order valence-corrected chi connectivity index (χ0v) is 10.2. The van der Waals surface area contributed by atoms with Crippen LogP contribution in [0.1, 0.15) is 24.3 Å². The van der Waals surface area contributed by atoms with Gasteiger partial charge in [-0.25, -0.2) is 9.78 Å². The Bertz CT molecular complexity index is 384. The standard InChI is InChI=1S/C11H17N3O3/c1-7(6-15)8(2)13-10-5-12-4-9(14-10)11(16)17-3/h4-5,7-8,15H,6H2,1-3H3,(H,13,14). The van der Waals surface area contributed by atoms with Gasteiger partial charge in [-0.05, 0) is 12.8 Å². The van der Waals surface area contributed by atoms with E-state index in [0.717, 1.165) is 0 Å². The van der Waals surface area contributed by atoms with E-state index in [1.165, 1.54) is 19.5 Å². The highest BCUT2D eigenvalue weighted by Gasteiger charge is 2.13. The van der Waals surface area contributed by atoms with Gasteiger partial charge in [0.15, 0.2) is 5.69 Å². The maximum atomic E-state index is 11.2. The summed E-state index contributed by atoms with van der Waals surface area (Å²) in [6.07, 6.45) is 2.87. The van der Waals surface area contributed by atoms with E-state index in [2.05, 4.69) is 20.0 Å². The smallest absolute Gasteiger partial charge is 0.358 e. The number of aliphatic hydroxyl groups is 1. The van der Waals surface area contributed by atoms with Crippen molar-refractivity contribution in [3.63, 3.8) is 0 Å². The summed E-state index contributed by atoms with van der Waals surface area (Å²) in [5.74, 6) is 0.0447. The SMILES string of the molecule is COC(=O)c1cncc(NC(C)C(C)CO)n1. The first-order valence-corrected chi connectivity index (χ1v) is 5.36. The lowest BCUT2D eigenvalue weighted by Gasteiger charge is -2.19. The summed E-state index contributed by atoms with van der Waals surface area (Å²) in [5, 5.41) is 12.1. The lowest BCUT2D eigenvalue weighted by molar-refractivity contribution is 0.0593. The number of anilines is 1. The molecule has 2 atom stereocenters. The number of hydrogen-bond donors (Lipinski definition) is 2. The number of carbonyl (C=O) groups is 1. The van der Waals surface area contributed by atoms with Crippen LogP contribution in [0.15, 0.2) is 12.4 Å². The highest BCUT2D eigenvalue weighted by molar-refractivity contribution is 5.87. The van der Waals surface area contributed by atoms with E-state index < -0.39 is 5.97 Å². The molecule has 0 spiro atoms. The molecule has 1 aromatic rings. The van der Waals surface area contributed by atoms with Gasteiger partial charge in [-0.3, -0.25) is 4.98 Å². The number of methoxy groups -OCH3 is 1. The number of ether oxygens (including phenoxy) is 1. The molecule has 0 aliphatic heterocycles. The van der Waals surface area contributed by atoms with E-state index in [0.29, 0.717) is 5.82 Å². The Balaban J connectivity index is 2.75. The average Bonchev–Trinajstić information content (AvgIpc) is 2.37. The Kier molecular flexibility index (Phi) is 4.84. The lowest BCUT2D eigenvalue weighted by Crippen LogP contribution is -2.27. The van der Waals surface area contributed by atoms with Crippen molar-refractivity contribution in [1.82, 2.24) is 9.97 Å². The molecule has 6 heteroatoms. The van der Waals surface area contributed by atoms with Crippen LogP contribution in [-0.4, -0.2) is 40.8 Å². The van der Waals surface area contributed by atoms with Crippen molar-refractivity contribution >= 4 is 11.8 Å². The minimum absolute atomic E-state index is 0.0298. The molecular formula is C11H17N3O3. The van der Waals surface area contributed by atoms with Crippen LogP contribution in [0.5, 0.6) is 0 Å². The molecule has 0 amide bonds. The van der Waals surface area contributed by atoms with E-state index in [1.54, 1.807) is 0 Å². The van der Waals surface area contributed by atoms with Gasteiger partial charge in [0.1, 0.15) is 5.82 Å². The van der Waals surface area contributed by atoms with Crippen LogP contribution in [0.2, 0.25) is 0 Å². The van der Waals surface area contributed by atoms with Crippen molar-refractivity contribution in [2.45, 2.75) is 19.9 Å². The number of aliphatic hydroxyl groups excluding tert-OH is 1. The van der Waals surface area contributed by atoms with Crippen molar-refractivity contribution in [2.24, 2.45) is 5.92 Å². The van der Waals surface area contributed by atoms with Gasteiger partial charge in [-0.15, -0.1) is 0 Å². The summed E-state index contributed by atoms with van der Waals surface area (Å²) in [7, 11) is 1.29. The second-order valence-corrected chi connectivity index (χ2v) is 3.87. The summed E-state index contributed by atoms with van der Waals surface area (Å²) in [4.78, 5) is 19.2. The third-order valence-corrected chi connectivity index (χ3v) is 2.55. The first-order valence-electron chi connectivity index (χ1n) is 5.36. The summed E-state index contributed by atoms with van der Waals surface area (Å²) in [5.41, 5.74) is 0.154. The van der Waals surface area contributed by atoms with Crippen molar-refractivity contribution in [3.8, 4) is 0 Å². The summed E-state index contributed by atoms with van der Waals surface area (Å²) in [6, 6.07) is 0.0298. The van der Waals surface area contributed by atoms with Crippen LogP contribution in [0.4, 0.5) is 5.82 Å². The number of rotatable bonds is 5. The van der Waals surface area contributed by atoms with E-state index in [4.69, 9.17) is 5.11 Å². The van der Waals surface area contributed by atoms with Gasteiger partial charge < -0.3 is 15.2 Å². The molecule has 0 bridgehead atoms. The normalized spacial score (nSPS) is 13.9. The second kappa shape index (κ2) is 6.15. The predicted molar refractivity (Wildman–Crippen MR) is 62.7 cm³/mol. The van der Waals surface area contributed by atoms with Gasteiger partial charge in [0, 0.05) is 12.6 Å². The Morgan fingerprint density at radius 1 is 1.53 bits per heavy atom. The van der Waals surface area contributed by atoms with Crippen LogP contribution in [0.25, 0.3) is 0 Å². The number of hydrogen-bond acceptors (Lipinski definition) is 6. The average molecular weight is 239 g/mol. The first-order chi connectivity index (χ1) is 8.08. The van der Waals surface area contributed by atoms with Gasteiger partial charge in [0.05, 0.1) is 19.5 Å². The molecule has 0 aliphatic carbocycles. The third kappa shape index (κ3) is 3.67. The van der Waals surface area contributed by atoms with E-state index in [1.807, 2.05) is 13.8 Å². The zero-order valence-electron chi connectivity index (χ0n) is 10.2. The van der Waals surface area contributed by atoms with Crippen molar-refractivity contribution in [2.75, 3.05) is 19.0 Å². The Labute approximate surface area is 100 Å². The Morgan fingerprint density at radius 3 is 2.82 bits per heavy atom. The number of nitrogens with one attached hydrogen (secondary N) is 1. The highest BCUT2D eigenvalue weighted by atomic mass is 16.5. The first kappa shape index (κ1) is 13.4. The molecule has 94 valence electrons. The minimum Gasteiger partial charge on any atom is -0.464 e. The zero-order chi connectivity index (χ0) is 12.8. The highest BCUT2D eigenvalue weighted by Crippen LogP contribution is 2.10. The predicted octanol–water partition coefficient (Wildman–Crippen LogP) is 0.692. The van der Waals surface area contributed by atoms with Crippen LogP contribution in [-0.2, 0) is 4.74 Å². The van der Waals surface area contributed by atoms with Gasteiger partial charge in [-0.2, -0.15) is 0 Å². The molecule has 0 radical (unpaired) electrons. The molecule has 0 fully saturated rings. The molecule has 0 aromatic carbocycles. The topological polar surface area (TPSA) is 84.3 Å². The largest absolute Gasteiger partial charge is 0.464 e. The monoisotopic (exact) mass is 239 g/mol. The third-order valence-electron chi connectivity index (χ3n) is 2.55. The second-order valence-electron chi connectivity index (χ2n) is 3.87. The molecule has 17 heavy (non-hydrogen) atoms. The van der Waals surface area contributed by atoms with Crippen LogP contribution >= 0.6 is 0 Å². The number of aromatic nitrogens is 2. The fourth-order valence-electron chi connectivity index (χ4n) is 1.17. The Morgan fingerprint density at radius 2 is 2.24 bits per heavy atom. The van der Waals surface area contributed by atoms with Gasteiger partial charge in [0.25, 0.3) is 0 Å². The minimum atomic E-state index is -0.524. The summed E-state index contributed by atoms with van der Waals surface area (Å²) in [6.45, 7) is 3.92. The molecule has 0 saturated carbocycles. The van der Waals surface area contributed by atoms with E-state index in [9.17, 15) is 4.79 Å². The van der Waals surface area contributed by atoms with Crippen molar-refractivity contribution in [3.05, 3.63) is 18.1 Å². The summed E-state index contributed by atoms with van der Waals surface area (Å²) < 4.78 is 4.56. The molecule has 2 unspecified atom stereocenters. The molecule has 1 heterocycles. The fourth-order valence-corrected chi connectivity index (χ4v) is 1.17. The molecule has 0 saturated heterocycles. The number of esters is 1. The maximum absolute atomic E-state index is 11.2. The van der Waals surface area contributed by atoms with Crippen molar-refractivity contribution < 1.29 is 14.6 Å². The van der Waals surface area contributed by atoms with Crippen LogP contribution < -0.4 is 5.32 Å². The van der Waals surface area contributed by atoms with E-state index in [-0.39, 0.29) is 24.3 Å². The fraction of sp³-hybridized carbons (Fsp3) is 0.545.